The lowest BCUT2D eigenvalue weighted by Crippen LogP contribution is -2.15. The van der Waals surface area contributed by atoms with Gasteiger partial charge in [-0.3, -0.25) is 0 Å². The third-order valence-corrected chi connectivity index (χ3v) is 1.41. The van der Waals surface area contributed by atoms with Crippen molar-refractivity contribution in [2.24, 2.45) is 5.73 Å². The van der Waals surface area contributed by atoms with Crippen molar-refractivity contribution in [2.45, 2.75) is 26.3 Å². The van der Waals surface area contributed by atoms with E-state index < -0.39 is 6.04 Å². The van der Waals surface area contributed by atoms with Gasteiger partial charge in [0.2, 0.25) is 0 Å². The largest absolute Gasteiger partial charge is 0.316 e. The molecule has 1 atom stereocenters. The number of rotatable bonds is 5. The number of nitrogens with two attached hydrogens (primary N) is 1. The summed E-state index contributed by atoms with van der Waals surface area (Å²) in [7, 11) is 0. The normalized spacial score (nSPS) is 12.3. The first-order chi connectivity index (χ1) is 7.24. The van der Waals surface area contributed by atoms with Crippen LogP contribution in [0.1, 0.15) is 20.3 Å². The van der Waals surface area contributed by atoms with Gasteiger partial charge in [-0.2, -0.15) is 5.26 Å². The van der Waals surface area contributed by atoms with Crippen molar-refractivity contribution in [3.8, 4) is 6.07 Å². The van der Waals surface area contributed by atoms with Crippen LogP contribution < -0.4 is 5.73 Å². The van der Waals surface area contributed by atoms with Crippen LogP contribution >= 0.6 is 0 Å². The molecule has 0 saturated heterocycles. The summed E-state index contributed by atoms with van der Waals surface area (Å²) >= 11 is 0. The van der Waals surface area contributed by atoms with Gasteiger partial charge in [0.25, 0.3) is 0 Å². The Morgan fingerprint density at radius 3 is 2.47 bits per heavy atom. The van der Waals surface area contributed by atoms with Crippen molar-refractivity contribution in [1.29, 1.82) is 5.26 Å². The van der Waals surface area contributed by atoms with Crippen LogP contribution in [0.4, 0.5) is 0 Å². The molecule has 0 aliphatic heterocycles. The molecule has 1 unspecified atom stereocenters. The SMILES string of the molecule is C=C/C=C(C=C)/C=C/CC(N)C#N.CC. The molecule has 0 bridgehead atoms. The molecule has 2 N–H and O–H groups in total. The first-order valence-electron chi connectivity index (χ1n) is 5.01. The van der Waals surface area contributed by atoms with Crippen LogP contribution in [0.2, 0.25) is 0 Å². The molecule has 0 aliphatic rings. The Kier molecular flexibility index (Phi) is 13.1. The van der Waals surface area contributed by atoms with Gasteiger partial charge < -0.3 is 5.73 Å². The van der Waals surface area contributed by atoms with Crippen molar-refractivity contribution >= 4 is 0 Å². The molecule has 82 valence electrons. The van der Waals surface area contributed by atoms with Crippen LogP contribution in [0.5, 0.6) is 0 Å². The zero-order valence-corrected chi connectivity index (χ0v) is 9.61. The minimum atomic E-state index is -0.425. The van der Waals surface area contributed by atoms with E-state index in [0.29, 0.717) is 6.42 Å². The number of nitrogens with zero attached hydrogens (tertiary/aromatic N) is 1. The highest BCUT2D eigenvalue weighted by Crippen LogP contribution is 2.00. The highest BCUT2D eigenvalue weighted by Gasteiger charge is 1.93. The smallest absolute Gasteiger partial charge is 0.0962 e. The van der Waals surface area contributed by atoms with Crippen LogP contribution in [0.3, 0.4) is 0 Å². The topological polar surface area (TPSA) is 49.8 Å². The first kappa shape index (κ1) is 15.9. The zero-order valence-electron chi connectivity index (χ0n) is 9.61. The van der Waals surface area contributed by atoms with Crippen LogP contribution in [0.25, 0.3) is 0 Å². The minimum absolute atomic E-state index is 0.425. The van der Waals surface area contributed by atoms with Gasteiger partial charge in [0, 0.05) is 0 Å². The fraction of sp³-hybridized carbons (Fsp3) is 0.308. The number of hydrogen-bond donors (Lipinski definition) is 1. The predicted octanol–water partition coefficient (Wildman–Crippen LogP) is 3.11. The van der Waals surface area contributed by atoms with Crippen LogP contribution in [-0.2, 0) is 0 Å². The lowest BCUT2D eigenvalue weighted by Gasteiger charge is -1.95. The second-order valence-electron chi connectivity index (χ2n) is 2.48. The van der Waals surface area contributed by atoms with E-state index in [9.17, 15) is 0 Å². The lowest BCUT2D eigenvalue weighted by atomic mass is 10.1. The molecule has 0 aromatic rings. The number of nitriles is 1. The molecular formula is C13H20N2. The predicted molar refractivity (Wildman–Crippen MR) is 67.2 cm³/mol. The molecule has 0 aliphatic carbocycles. The molecule has 15 heavy (non-hydrogen) atoms. The molecule has 0 fully saturated rings. The number of allylic oxidation sites excluding steroid dienone is 5. The Balaban J connectivity index is 0. The molecule has 0 aromatic heterocycles. The second kappa shape index (κ2) is 12.4. The summed E-state index contributed by atoms with van der Waals surface area (Å²) in [6, 6.07) is 1.52. The fourth-order valence-corrected chi connectivity index (χ4v) is 0.731. The molecule has 0 radical (unpaired) electrons. The van der Waals surface area contributed by atoms with Gasteiger partial charge in [-0.25, -0.2) is 0 Å². The van der Waals surface area contributed by atoms with Crippen molar-refractivity contribution in [1.82, 2.24) is 0 Å². The van der Waals surface area contributed by atoms with Crippen molar-refractivity contribution in [3.05, 3.63) is 49.1 Å². The second-order valence-corrected chi connectivity index (χ2v) is 2.48. The van der Waals surface area contributed by atoms with E-state index in [1.807, 2.05) is 38.1 Å². The van der Waals surface area contributed by atoms with Gasteiger partial charge in [0.15, 0.2) is 0 Å². The summed E-state index contributed by atoms with van der Waals surface area (Å²) in [4.78, 5) is 0. The zero-order chi connectivity index (χ0) is 12.1. The Labute approximate surface area is 93.1 Å². The average Bonchev–Trinajstić information content (AvgIpc) is 2.30. The summed E-state index contributed by atoms with van der Waals surface area (Å²) in [5.41, 5.74) is 6.36. The fourth-order valence-electron chi connectivity index (χ4n) is 0.731. The van der Waals surface area contributed by atoms with Crippen molar-refractivity contribution < 1.29 is 0 Å². The van der Waals surface area contributed by atoms with Crippen molar-refractivity contribution in [2.75, 3.05) is 0 Å². The van der Waals surface area contributed by atoms with Gasteiger partial charge in [0.1, 0.15) is 0 Å². The van der Waals surface area contributed by atoms with Gasteiger partial charge in [-0.05, 0) is 12.0 Å². The van der Waals surface area contributed by atoms with E-state index in [0.717, 1.165) is 5.57 Å². The molecule has 0 rings (SSSR count). The Hall–Kier alpha value is -1.59. The Bertz CT molecular complexity index is 267. The van der Waals surface area contributed by atoms with E-state index in [4.69, 9.17) is 11.0 Å². The van der Waals surface area contributed by atoms with Crippen LogP contribution in [0, 0.1) is 11.3 Å². The molecule has 2 nitrogen and oxygen atoms in total. The van der Waals surface area contributed by atoms with Gasteiger partial charge in [-0.15, -0.1) is 0 Å². The maximum absolute atomic E-state index is 8.40. The summed E-state index contributed by atoms with van der Waals surface area (Å²) in [6.07, 6.45) is 9.51. The summed E-state index contributed by atoms with van der Waals surface area (Å²) in [5, 5.41) is 8.40. The molecule has 2 heteroatoms. The van der Waals surface area contributed by atoms with E-state index in [1.54, 1.807) is 12.2 Å². The van der Waals surface area contributed by atoms with Gasteiger partial charge in [-0.1, -0.05) is 57.4 Å². The van der Waals surface area contributed by atoms with Gasteiger partial charge >= 0.3 is 0 Å². The summed E-state index contributed by atoms with van der Waals surface area (Å²) in [6.45, 7) is 11.2. The minimum Gasteiger partial charge on any atom is -0.316 e. The Morgan fingerprint density at radius 2 is 2.07 bits per heavy atom. The molecule has 0 heterocycles. The molecule has 0 aromatic carbocycles. The highest BCUT2D eigenvalue weighted by atomic mass is 14.6. The van der Waals surface area contributed by atoms with E-state index in [2.05, 4.69) is 13.2 Å². The molecule has 0 saturated carbocycles. The Morgan fingerprint density at radius 1 is 1.47 bits per heavy atom. The van der Waals surface area contributed by atoms with E-state index in [1.165, 1.54) is 0 Å². The summed E-state index contributed by atoms with van der Waals surface area (Å²) < 4.78 is 0. The molecule has 0 spiro atoms. The highest BCUT2D eigenvalue weighted by molar-refractivity contribution is 5.32. The van der Waals surface area contributed by atoms with Gasteiger partial charge in [0.05, 0.1) is 12.1 Å². The van der Waals surface area contributed by atoms with Crippen molar-refractivity contribution in [3.63, 3.8) is 0 Å². The lowest BCUT2D eigenvalue weighted by molar-refractivity contribution is 0.847. The van der Waals surface area contributed by atoms with E-state index in [-0.39, 0.29) is 0 Å². The quantitative estimate of drug-likeness (QED) is 0.699. The first-order valence-corrected chi connectivity index (χ1v) is 5.01. The van der Waals surface area contributed by atoms with Crippen LogP contribution in [0.15, 0.2) is 49.1 Å². The van der Waals surface area contributed by atoms with Crippen LogP contribution in [-0.4, -0.2) is 6.04 Å². The third-order valence-electron chi connectivity index (χ3n) is 1.41. The third kappa shape index (κ3) is 10.3. The number of hydrogen-bond acceptors (Lipinski definition) is 2. The maximum atomic E-state index is 8.40. The monoisotopic (exact) mass is 204 g/mol. The standard InChI is InChI=1S/C11H14N2.C2H6/c1-3-6-10(4-2)7-5-8-11(13)9-12;1-2/h3-7,11H,1-2,8,13H2;1-2H3/b7-5+,10-6+;. The molecular weight excluding hydrogens is 184 g/mol. The maximum Gasteiger partial charge on any atom is 0.0962 e. The summed E-state index contributed by atoms with van der Waals surface area (Å²) in [5.74, 6) is 0. The van der Waals surface area contributed by atoms with E-state index >= 15 is 0 Å². The average molecular weight is 204 g/mol. The molecule has 0 amide bonds.